The van der Waals surface area contributed by atoms with Crippen molar-refractivity contribution in [3.05, 3.63) is 53.6 Å². The summed E-state index contributed by atoms with van der Waals surface area (Å²) in [7, 11) is 4.06. The summed E-state index contributed by atoms with van der Waals surface area (Å²) in [5.41, 5.74) is 3.48. The van der Waals surface area contributed by atoms with Crippen LogP contribution in [0.2, 0.25) is 0 Å². The smallest absolute Gasteiger partial charge is 0.228 e. The van der Waals surface area contributed by atoms with Gasteiger partial charge in [0.1, 0.15) is 0 Å². The van der Waals surface area contributed by atoms with Crippen LogP contribution >= 0.6 is 23.1 Å². The first kappa shape index (κ1) is 21.8. The molecular weight excluding hydrogens is 398 g/mol. The van der Waals surface area contributed by atoms with Crippen LogP contribution in [-0.2, 0) is 4.79 Å². The van der Waals surface area contributed by atoms with Crippen molar-refractivity contribution in [2.45, 2.75) is 31.6 Å². The fourth-order valence-electron chi connectivity index (χ4n) is 2.98. The van der Waals surface area contributed by atoms with Gasteiger partial charge in [-0.15, -0.1) is 11.8 Å². The zero-order valence-electron chi connectivity index (χ0n) is 17.6. The number of likely N-dealkylation sites (N-methyl/N-ethyl adjacent to an activating group) is 1. The molecule has 0 spiro atoms. The molecule has 1 amide bonds. The number of carbonyl (C=O) groups excluding carboxylic acids is 1. The van der Waals surface area contributed by atoms with Gasteiger partial charge in [0.2, 0.25) is 5.91 Å². The number of hydrogen-bond donors (Lipinski definition) is 0. The average Bonchev–Trinajstić information content (AvgIpc) is 3.08. The van der Waals surface area contributed by atoms with Crippen LogP contribution < -0.4 is 4.90 Å². The minimum absolute atomic E-state index is 0.160. The van der Waals surface area contributed by atoms with Crippen LogP contribution in [0.15, 0.2) is 47.4 Å². The van der Waals surface area contributed by atoms with Crippen molar-refractivity contribution in [3.63, 3.8) is 0 Å². The van der Waals surface area contributed by atoms with E-state index in [0.29, 0.717) is 13.0 Å². The molecule has 2 aromatic carbocycles. The van der Waals surface area contributed by atoms with Gasteiger partial charge < -0.3 is 4.90 Å². The van der Waals surface area contributed by atoms with E-state index in [-0.39, 0.29) is 5.91 Å². The van der Waals surface area contributed by atoms with Crippen molar-refractivity contribution in [2.24, 2.45) is 0 Å². The van der Waals surface area contributed by atoms with Gasteiger partial charge in [-0.1, -0.05) is 29.5 Å². The van der Waals surface area contributed by atoms with Crippen molar-refractivity contribution in [3.8, 4) is 0 Å². The minimum atomic E-state index is 0.160. The van der Waals surface area contributed by atoms with Crippen molar-refractivity contribution in [1.29, 1.82) is 0 Å². The van der Waals surface area contributed by atoms with Crippen LogP contribution in [0, 0.1) is 13.8 Å². The summed E-state index contributed by atoms with van der Waals surface area (Å²) < 4.78 is 1.14. The Morgan fingerprint density at radius 1 is 1.07 bits per heavy atom. The summed E-state index contributed by atoms with van der Waals surface area (Å²) in [5.74, 6) is 1.10. The maximum absolute atomic E-state index is 13.0. The number of thiazole rings is 1. The molecule has 0 saturated heterocycles. The van der Waals surface area contributed by atoms with Gasteiger partial charge in [-0.05, 0) is 75.5 Å². The molecule has 3 rings (SSSR count). The number of rotatable bonds is 9. The Morgan fingerprint density at radius 3 is 2.52 bits per heavy atom. The first-order chi connectivity index (χ1) is 13.9. The lowest BCUT2D eigenvalue weighted by Crippen LogP contribution is -2.36. The number of anilines is 1. The Morgan fingerprint density at radius 2 is 1.79 bits per heavy atom. The summed E-state index contributed by atoms with van der Waals surface area (Å²) in [4.78, 5) is 23.1. The molecule has 0 aliphatic rings. The van der Waals surface area contributed by atoms with Gasteiger partial charge in [-0.25, -0.2) is 4.98 Å². The molecule has 0 aliphatic heterocycles. The highest BCUT2D eigenvalue weighted by molar-refractivity contribution is 7.99. The molecule has 29 heavy (non-hydrogen) atoms. The molecule has 1 heterocycles. The number of fused-ring (bicyclic) bond motifs is 1. The van der Waals surface area contributed by atoms with E-state index in [1.165, 1.54) is 16.0 Å². The minimum Gasteiger partial charge on any atom is -0.308 e. The number of thioether (sulfide) groups is 1. The van der Waals surface area contributed by atoms with E-state index in [9.17, 15) is 4.79 Å². The van der Waals surface area contributed by atoms with Crippen LogP contribution in [-0.4, -0.2) is 48.7 Å². The summed E-state index contributed by atoms with van der Waals surface area (Å²) in [6, 6.07) is 14.6. The number of amides is 1. The second-order valence-corrected chi connectivity index (χ2v) is 9.69. The van der Waals surface area contributed by atoms with E-state index in [0.717, 1.165) is 34.1 Å². The van der Waals surface area contributed by atoms with Crippen LogP contribution in [0.25, 0.3) is 10.2 Å². The monoisotopic (exact) mass is 427 g/mol. The quantitative estimate of drug-likeness (QED) is 0.339. The SMILES string of the molecule is Cc1cc2nc(N(CCN(C)C)C(=O)CCCSc3ccccc3)sc2cc1C. The van der Waals surface area contributed by atoms with Gasteiger partial charge in [0.05, 0.1) is 10.2 Å². The van der Waals surface area contributed by atoms with Crippen molar-refractivity contribution >= 4 is 44.4 Å². The van der Waals surface area contributed by atoms with Crippen LogP contribution in [0.5, 0.6) is 0 Å². The summed E-state index contributed by atoms with van der Waals surface area (Å²) >= 11 is 3.42. The number of benzene rings is 2. The van der Waals surface area contributed by atoms with E-state index >= 15 is 0 Å². The number of hydrogen-bond acceptors (Lipinski definition) is 5. The molecule has 0 atom stereocenters. The molecule has 0 fully saturated rings. The third-order valence-electron chi connectivity index (χ3n) is 4.84. The number of carbonyl (C=O) groups is 1. The highest BCUT2D eigenvalue weighted by atomic mass is 32.2. The van der Waals surface area contributed by atoms with E-state index in [4.69, 9.17) is 4.98 Å². The standard InChI is InChI=1S/C23H29N3OS2/c1-17-15-20-21(16-18(17)2)29-23(24-20)26(13-12-25(3)4)22(27)11-8-14-28-19-9-6-5-7-10-19/h5-7,9-10,15-16H,8,11-14H2,1-4H3. The third-order valence-corrected chi connectivity index (χ3v) is 6.98. The van der Waals surface area contributed by atoms with E-state index < -0.39 is 0 Å². The Bertz CT molecular complexity index is 914. The zero-order chi connectivity index (χ0) is 20.8. The van der Waals surface area contributed by atoms with Gasteiger partial charge in [-0.3, -0.25) is 9.69 Å². The first-order valence-corrected chi connectivity index (χ1v) is 11.7. The lowest BCUT2D eigenvalue weighted by Gasteiger charge is -2.22. The molecule has 4 nitrogen and oxygen atoms in total. The fourth-order valence-corrected chi connectivity index (χ4v) is 4.94. The summed E-state index contributed by atoms with van der Waals surface area (Å²) in [6.45, 7) is 5.70. The van der Waals surface area contributed by atoms with Gasteiger partial charge in [0.25, 0.3) is 0 Å². The highest BCUT2D eigenvalue weighted by Gasteiger charge is 2.20. The molecular formula is C23H29N3OS2. The van der Waals surface area contributed by atoms with E-state index in [1.807, 2.05) is 37.2 Å². The van der Waals surface area contributed by atoms with Gasteiger partial charge in [-0.2, -0.15) is 0 Å². The Kier molecular flexibility index (Phi) is 7.70. The lowest BCUT2D eigenvalue weighted by atomic mass is 10.1. The Balaban J connectivity index is 1.68. The third kappa shape index (κ3) is 6.04. The molecule has 3 aromatic rings. The molecule has 0 N–H and O–H groups in total. The van der Waals surface area contributed by atoms with Crippen LogP contribution in [0.3, 0.4) is 0 Å². The van der Waals surface area contributed by atoms with E-state index in [1.54, 1.807) is 23.1 Å². The summed E-state index contributed by atoms with van der Waals surface area (Å²) in [5, 5.41) is 0.813. The fraction of sp³-hybridized carbons (Fsp3) is 0.391. The number of aromatic nitrogens is 1. The Labute approximate surface area is 181 Å². The summed E-state index contributed by atoms with van der Waals surface area (Å²) in [6.07, 6.45) is 1.40. The van der Waals surface area contributed by atoms with Crippen molar-refractivity contribution in [2.75, 3.05) is 37.8 Å². The molecule has 1 aromatic heterocycles. The first-order valence-electron chi connectivity index (χ1n) is 9.95. The predicted octanol–water partition coefficient (Wildman–Crippen LogP) is 5.38. The second kappa shape index (κ2) is 10.2. The molecule has 6 heteroatoms. The Hall–Kier alpha value is -1.89. The largest absolute Gasteiger partial charge is 0.308 e. The van der Waals surface area contributed by atoms with Crippen LogP contribution in [0.1, 0.15) is 24.0 Å². The molecule has 0 bridgehead atoms. The predicted molar refractivity (Wildman–Crippen MR) is 126 cm³/mol. The lowest BCUT2D eigenvalue weighted by molar-refractivity contribution is -0.118. The average molecular weight is 428 g/mol. The molecule has 154 valence electrons. The van der Waals surface area contributed by atoms with E-state index in [2.05, 4.69) is 43.0 Å². The van der Waals surface area contributed by atoms with Crippen LogP contribution in [0.4, 0.5) is 5.13 Å². The van der Waals surface area contributed by atoms with Gasteiger partial charge >= 0.3 is 0 Å². The molecule has 0 saturated carbocycles. The topological polar surface area (TPSA) is 36.4 Å². The van der Waals surface area contributed by atoms with Crippen molar-refractivity contribution in [1.82, 2.24) is 9.88 Å². The maximum atomic E-state index is 13.0. The highest BCUT2D eigenvalue weighted by Crippen LogP contribution is 2.31. The maximum Gasteiger partial charge on any atom is 0.228 e. The second-order valence-electron chi connectivity index (χ2n) is 7.51. The molecule has 0 radical (unpaired) electrons. The molecule has 0 aliphatic carbocycles. The number of aryl methyl sites for hydroxylation is 2. The normalized spacial score (nSPS) is 11.3. The van der Waals surface area contributed by atoms with Crippen molar-refractivity contribution < 1.29 is 4.79 Å². The van der Waals surface area contributed by atoms with Gasteiger partial charge in [0, 0.05) is 24.4 Å². The molecule has 0 unspecified atom stereocenters. The number of nitrogens with zero attached hydrogens (tertiary/aromatic N) is 3. The zero-order valence-corrected chi connectivity index (χ0v) is 19.3. The van der Waals surface area contributed by atoms with Gasteiger partial charge in [0.15, 0.2) is 5.13 Å².